The Morgan fingerprint density at radius 2 is 2.21 bits per heavy atom. The fourth-order valence-corrected chi connectivity index (χ4v) is 1.94. The number of carbonyl (C=O) groups excluding carboxylic acids is 1. The van der Waals surface area contributed by atoms with Crippen molar-refractivity contribution in [2.75, 3.05) is 0 Å². The Balaban J connectivity index is 2.23. The number of Topliss-reactive ketones (excluding diaryl/α,β-unsaturated/α-hetero) is 1. The normalized spacial score (nSPS) is 19.9. The number of nitrogens with two attached hydrogens (primary N) is 1. The number of hydrogen-bond donors (Lipinski definition) is 1. The Morgan fingerprint density at radius 3 is 2.71 bits per heavy atom. The Bertz CT molecular complexity index is 351. The van der Waals surface area contributed by atoms with Gasteiger partial charge in [-0.3, -0.25) is 4.79 Å². The monoisotopic (exact) mass is 194 g/mol. The molecule has 0 bridgehead atoms. The van der Waals surface area contributed by atoms with Crippen LogP contribution in [0.4, 0.5) is 0 Å². The van der Waals surface area contributed by atoms with Crippen molar-refractivity contribution in [3.05, 3.63) is 11.9 Å². The SMILES string of the molecule is Cn1ncc(C(=O)C2(N)CCCC2)n1. The van der Waals surface area contributed by atoms with Crippen molar-refractivity contribution in [2.45, 2.75) is 31.2 Å². The Morgan fingerprint density at radius 1 is 1.57 bits per heavy atom. The van der Waals surface area contributed by atoms with E-state index in [9.17, 15) is 4.79 Å². The third-order valence-corrected chi connectivity index (χ3v) is 2.78. The largest absolute Gasteiger partial charge is 0.319 e. The summed E-state index contributed by atoms with van der Waals surface area (Å²) in [5, 5.41) is 7.85. The number of aromatic nitrogens is 3. The van der Waals surface area contributed by atoms with Crippen LogP contribution in [0.3, 0.4) is 0 Å². The highest BCUT2D eigenvalue weighted by atomic mass is 16.1. The molecule has 0 saturated heterocycles. The van der Waals surface area contributed by atoms with Crippen LogP contribution in [-0.2, 0) is 7.05 Å². The quantitative estimate of drug-likeness (QED) is 0.686. The van der Waals surface area contributed by atoms with Crippen LogP contribution in [0.1, 0.15) is 36.2 Å². The van der Waals surface area contributed by atoms with Gasteiger partial charge in [-0.2, -0.15) is 15.0 Å². The molecule has 0 amide bonds. The molecule has 1 heterocycles. The summed E-state index contributed by atoms with van der Waals surface area (Å²) in [6.07, 6.45) is 5.07. The predicted octanol–water partition coefficient (Wildman–Crippen LogP) is 0.269. The van der Waals surface area contributed by atoms with Gasteiger partial charge >= 0.3 is 0 Å². The second-order valence-electron chi connectivity index (χ2n) is 3.91. The highest BCUT2D eigenvalue weighted by Crippen LogP contribution is 2.29. The summed E-state index contributed by atoms with van der Waals surface area (Å²) < 4.78 is 0. The van der Waals surface area contributed by atoms with Crippen LogP contribution >= 0.6 is 0 Å². The van der Waals surface area contributed by atoms with E-state index in [1.807, 2.05) is 0 Å². The molecule has 1 aliphatic carbocycles. The molecule has 5 nitrogen and oxygen atoms in total. The summed E-state index contributed by atoms with van der Waals surface area (Å²) in [5.74, 6) is -0.0666. The molecule has 5 heteroatoms. The topological polar surface area (TPSA) is 73.8 Å². The third-order valence-electron chi connectivity index (χ3n) is 2.78. The minimum Gasteiger partial charge on any atom is -0.319 e. The second kappa shape index (κ2) is 3.16. The lowest BCUT2D eigenvalue weighted by molar-refractivity contribution is 0.0886. The molecule has 1 aliphatic rings. The zero-order valence-corrected chi connectivity index (χ0v) is 8.23. The van der Waals surface area contributed by atoms with Gasteiger partial charge in [-0.1, -0.05) is 12.8 Å². The van der Waals surface area contributed by atoms with Gasteiger partial charge in [0.25, 0.3) is 0 Å². The van der Waals surface area contributed by atoms with Gasteiger partial charge < -0.3 is 5.73 Å². The maximum Gasteiger partial charge on any atom is 0.204 e. The average molecular weight is 194 g/mol. The van der Waals surface area contributed by atoms with Crippen LogP contribution < -0.4 is 5.73 Å². The van der Waals surface area contributed by atoms with Crippen LogP contribution in [0, 0.1) is 0 Å². The highest BCUT2D eigenvalue weighted by molar-refractivity contribution is 6.01. The summed E-state index contributed by atoms with van der Waals surface area (Å²) in [5.41, 5.74) is 5.72. The fourth-order valence-electron chi connectivity index (χ4n) is 1.94. The van der Waals surface area contributed by atoms with Crippen LogP contribution in [-0.4, -0.2) is 26.3 Å². The van der Waals surface area contributed by atoms with E-state index in [2.05, 4.69) is 10.2 Å². The Kier molecular flexibility index (Phi) is 2.11. The summed E-state index contributed by atoms with van der Waals surface area (Å²) >= 11 is 0. The number of aryl methyl sites for hydroxylation is 1. The molecule has 1 fully saturated rings. The maximum absolute atomic E-state index is 11.9. The minimum atomic E-state index is -0.684. The molecule has 2 rings (SSSR count). The molecular weight excluding hydrogens is 180 g/mol. The molecule has 2 N–H and O–H groups in total. The van der Waals surface area contributed by atoms with Gasteiger partial charge in [-0.05, 0) is 12.8 Å². The first kappa shape index (κ1) is 9.33. The highest BCUT2D eigenvalue weighted by Gasteiger charge is 2.38. The zero-order valence-electron chi connectivity index (χ0n) is 8.23. The first-order valence-corrected chi connectivity index (χ1v) is 4.82. The minimum absolute atomic E-state index is 0.0666. The molecular formula is C9H14N4O. The average Bonchev–Trinajstić information content (AvgIpc) is 2.74. The number of carbonyl (C=O) groups is 1. The summed E-state index contributed by atoms with van der Waals surface area (Å²) in [4.78, 5) is 13.3. The lowest BCUT2D eigenvalue weighted by Gasteiger charge is -2.19. The lowest BCUT2D eigenvalue weighted by atomic mass is 9.92. The smallest absolute Gasteiger partial charge is 0.204 e. The third kappa shape index (κ3) is 1.43. The molecule has 1 saturated carbocycles. The van der Waals surface area contributed by atoms with Gasteiger partial charge in [-0.15, -0.1) is 0 Å². The number of nitrogens with zero attached hydrogens (tertiary/aromatic N) is 3. The molecule has 0 aliphatic heterocycles. The predicted molar refractivity (Wildman–Crippen MR) is 50.7 cm³/mol. The number of rotatable bonds is 2. The molecule has 1 aromatic rings. The molecule has 0 spiro atoms. The van der Waals surface area contributed by atoms with Crippen LogP contribution in [0.25, 0.3) is 0 Å². The van der Waals surface area contributed by atoms with Crippen LogP contribution in [0.15, 0.2) is 6.20 Å². The Hall–Kier alpha value is -1.23. The molecule has 0 unspecified atom stereocenters. The van der Waals surface area contributed by atoms with E-state index in [0.717, 1.165) is 25.7 Å². The van der Waals surface area contributed by atoms with E-state index in [1.54, 1.807) is 7.05 Å². The van der Waals surface area contributed by atoms with Gasteiger partial charge in [0.2, 0.25) is 5.78 Å². The van der Waals surface area contributed by atoms with Crippen molar-refractivity contribution >= 4 is 5.78 Å². The molecule has 0 atom stereocenters. The summed E-state index contributed by atoms with van der Waals surface area (Å²) in [7, 11) is 1.69. The Labute approximate surface area is 82.3 Å². The van der Waals surface area contributed by atoms with E-state index in [1.165, 1.54) is 11.0 Å². The van der Waals surface area contributed by atoms with Crippen molar-refractivity contribution in [3.8, 4) is 0 Å². The van der Waals surface area contributed by atoms with Gasteiger partial charge in [0.1, 0.15) is 0 Å². The van der Waals surface area contributed by atoms with E-state index in [4.69, 9.17) is 5.73 Å². The number of hydrogen-bond acceptors (Lipinski definition) is 4. The van der Waals surface area contributed by atoms with E-state index >= 15 is 0 Å². The van der Waals surface area contributed by atoms with E-state index in [0.29, 0.717) is 5.69 Å². The van der Waals surface area contributed by atoms with Crippen LogP contribution in [0.2, 0.25) is 0 Å². The first-order chi connectivity index (χ1) is 6.62. The fraction of sp³-hybridized carbons (Fsp3) is 0.667. The van der Waals surface area contributed by atoms with Crippen LogP contribution in [0.5, 0.6) is 0 Å². The summed E-state index contributed by atoms with van der Waals surface area (Å²) in [6.45, 7) is 0. The van der Waals surface area contributed by atoms with Gasteiger partial charge in [0, 0.05) is 7.05 Å². The molecule has 76 valence electrons. The maximum atomic E-state index is 11.9. The van der Waals surface area contributed by atoms with E-state index in [-0.39, 0.29) is 5.78 Å². The van der Waals surface area contributed by atoms with Crippen molar-refractivity contribution in [2.24, 2.45) is 12.8 Å². The van der Waals surface area contributed by atoms with Crippen molar-refractivity contribution in [1.29, 1.82) is 0 Å². The molecule has 1 aromatic heterocycles. The molecule has 0 radical (unpaired) electrons. The van der Waals surface area contributed by atoms with Gasteiger partial charge in [0.05, 0.1) is 11.7 Å². The van der Waals surface area contributed by atoms with Crippen molar-refractivity contribution < 1.29 is 4.79 Å². The van der Waals surface area contributed by atoms with Gasteiger partial charge in [0.15, 0.2) is 5.69 Å². The molecule has 0 aromatic carbocycles. The standard InChI is InChI=1S/C9H14N4O/c1-13-11-6-7(12-13)8(14)9(10)4-2-3-5-9/h6H,2-5,10H2,1H3. The van der Waals surface area contributed by atoms with E-state index < -0.39 is 5.54 Å². The number of ketones is 1. The van der Waals surface area contributed by atoms with Gasteiger partial charge in [-0.25, -0.2) is 0 Å². The lowest BCUT2D eigenvalue weighted by Crippen LogP contribution is -2.45. The van der Waals surface area contributed by atoms with Crippen molar-refractivity contribution in [3.63, 3.8) is 0 Å². The van der Waals surface area contributed by atoms with Crippen molar-refractivity contribution in [1.82, 2.24) is 15.0 Å². The zero-order chi connectivity index (χ0) is 10.2. The summed E-state index contributed by atoms with van der Waals surface area (Å²) in [6, 6.07) is 0. The molecule has 14 heavy (non-hydrogen) atoms. The second-order valence-corrected chi connectivity index (χ2v) is 3.91. The first-order valence-electron chi connectivity index (χ1n) is 4.82.